The molecule has 1 unspecified atom stereocenters. The summed E-state index contributed by atoms with van der Waals surface area (Å²) in [6, 6.07) is 14.4. The Morgan fingerprint density at radius 3 is 2.62 bits per heavy atom. The van der Waals surface area contributed by atoms with E-state index in [1.54, 1.807) is 36.5 Å². The van der Waals surface area contributed by atoms with Crippen molar-refractivity contribution in [2.75, 3.05) is 30.1 Å². The predicted molar refractivity (Wildman–Crippen MR) is 160 cm³/mol. The number of aromatic nitrogens is 1. The molecule has 3 aromatic rings. The monoisotopic (exact) mass is 591 g/mol. The van der Waals surface area contributed by atoms with Crippen LogP contribution in [0.2, 0.25) is 0 Å². The van der Waals surface area contributed by atoms with Crippen molar-refractivity contribution in [2.45, 2.75) is 18.9 Å². The van der Waals surface area contributed by atoms with Gasteiger partial charge in [0.1, 0.15) is 17.4 Å². The Bertz CT molecular complexity index is 1810. The van der Waals surface area contributed by atoms with Crippen molar-refractivity contribution in [3.8, 4) is 5.75 Å². The first kappa shape index (κ1) is 28.0. The van der Waals surface area contributed by atoms with E-state index in [2.05, 4.69) is 5.32 Å². The van der Waals surface area contributed by atoms with Crippen LogP contribution in [0.1, 0.15) is 24.0 Å². The highest BCUT2D eigenvalue weighted by Gasteiger charge is 2.44. The van der Waals surface area contributed by atoms with E-state index >= 15 is 4.39 Å². The van der Waals surface area contributed by atoms with Gasteiger partial charge in [-0.3, -0.25) is 4.79 Å². The van der Waals surface area contributed by atoms with Crippen LogP contribution in [0.15, 0.2) is 89.0 Å². The van der Waals surface area contributed by atoms with Crippen LogP contribution in [-0.4, -0.2) is 44.2 Å². The molecule has 0 spiro atoms. The number of aryl methyl sites for hydroxylation is 1. The average Bonchev–Trinajstić information content (AvgIpc) is 3.25. The number of anilines is 1. The summed E-state index contributed by atoms with van der Waals surface area (Å²) in [6.45, 7) is 0.986. The molecule has 0 saturated heterocycles. The van der Waals surface area contributed by atoms with Crippen LogP contribution in [0, 0.1) is 17.6 Å². The maximum atomic E-state index is 15.3. The molecule has 0 fully saturated rings. The molecule has 2 aliphatic heterocycles. The van der Waals surface area contributed by atoms with Crippen molar-refractivity contribution in [3.05, 3.63) is 117 Å². The largest absolute Gasteiger partial charge is 0.494 e. The van der Waals surface area contributed by atoms with Crippen molar-refractivity contribution in [2.24, 2.45) is 13.0 Å². The lowest BCUT2D eigenvalue weighted by Gasteiger charge is -2.39. The van der Waals surface area contributed by atoms with E-state index in [1.807, 2.05) is 30.3 Å². The number of rotatable bonds is 8. The predicted octanol–water partition coefficient (Wildman–Crippen LogP) is 4.67. The molecule has 2 aromatic carbocycles. The molecule has 0 saturated carbocycles. The molecule has 0 radical (unpaired) electrons. The lowest BCUT2D eigenvalue weighted by molar-refractivity contribution is 0.284. The van der Waals surface area contributed by atoms with Gasteiger partial charge in [-0.05, 0) is 66.0 Å². The van der Waals surface area contributed by atoms with Crippen molar-refractivity contribution >= 4 is 26.8 Å². The molecule has 42 heavy (non-hydrogen) atoms. The van der Waals surface area contributed by atoms with Crippen molar-refractivity contribution in [3.63, 3.8) is 0 Å². The van der Waals surface area contributed by atoms with Gasteiger partial charge in [-0.1, -0.05) is 18.2 Å². The smallest absolute Gasteiger partial charge is 0.260 e. The Morgan fingerprint density at radius 1 is 1.10 bits per heavy atom. The van der Waals surface area contributed by atoms with Crippen LogP contribution >= 0.6 is 0 Å². The third kappa shape index (κ3) is 5.27. The number of hydrogen-bond donors (Lipinski definition) is 1. The number of sulfone groups is 1. The number of halogens is 2. The number of benzene rings is 2. The molecular formula is C32H31F2N3O4S. The van der Waals surface area contributed by atoms with Gasteiger partial charge in [-0.25, -0.2) is 17.2 Å². The van der Waals surface area contributed by atoms with Crippen LogP contribution < -0.4 is 20.5 Å². The number of nitrogens with zero attached hydrogens (tertiary/aromatic N) is 2. The van der Waals surface area contributed by atoms with E-state index in [0.717, 1.165) is 36.5 Å². The zero-order chi connectivity index (χ0) is 29.6. The molecule has 6 rings (SSSR count). The van der Waals surface area contributed by atoms with E-state index < -0.39 is 21.5 Å². The maximum Gasteiger partial charge on any atom is 0.260 e. The van der Waals surface area contributed by atoms with Crippen LogP contribution in [0.3, 0.4) is 0 Å². The molecule has 2 atom stereocenters. The normalized spacial score (nSPS) is 19.4. The van der Waals surface area contributed by atoms with Gasteiger partial charge in [-0.2, -0.15) is 0 Å². The van der Waals surface area contributed by atoms with Crippen LogP contribution in [0.25, 0.3) is 11.3 Å². The van der Waals surface area contributed by atoms with Crippen molar-refractivity contribution in [1.82, 2.24) is 9.88 Å². The molecule has 1 aliphatic carbocycles. The number of hydrogen-bond acceptors (Lipinski definition) is 6. The summed E-state index contributed by atoms with van der Waals surface area (Å²) in [5, 5.41) is 3.50. The number of allylic oxidation sites excluding steroid dienone is 1. The second-order valence-corrected chi connectivity index (χ2v) is 13.2. The zero-order valence-corrected chi connectivity index (χ0v) is 24.1. The van der Waals surface area contributed by atoms with E-state index in [9.17, 15) is 17.6 Å². The fraction of sp³-hybridized carbons (Fsp3) is 0.281. The minimum Gasteiger partial charge on any atom is -0.494 e. The van der Waals surface area contributed by atoms with Crippen molar-refractivity contribution in [1.29, 1.82) is 0 Å². The van der Waals surface area contributed by atoms with Gasteiger partial charge in [0, 0.05) is 49.8 Å². The molecule has 0 bridgehead atoms. The first-order valence-corrected chi connectivity index (χ1v) is 15.9. The number of para-hydroxylation sites is 1. The van der Waals surface area contributed by atoms with Gasteiger partial charge in [0.05, 0.1) is 35.3 Å². The third-order valence-electron chi connectivity index (χ3n) is 7.97. The zero-order valence-electron chi connectivity index (χ0n) is 23.3. The second-order valence-electron chi connectivity index (χ2n) is 11.0. The molecule has 10 heteroatoms. The van der Waals surface area contributed by atoms with E-state index in [1.165, 1.54) is 16.7 Å². The number of ether oxygens (including phenoxy) is 1. The Kier molecular flexibility index (Phi) is 7.26. The van der Waals surface area contributed by atoms with Gasteiger partial charge >= 0.3 is 0 Å². The van der Waals surface area contributed by atoms with Gasteiger partial charge in [0.15, 0.2) is 9.84 Å². The maximum absolute atomic E-state index is 15.3. The first-order chi connectivity index (χ1) is 20.1. The summed E-state index contributed by atoms with van der Waals surface area (Å²) in [5.74, 6) is -0.885. The standard InChI is InChI=1S/C32H31F2N3O4S/c1-36-13-12-25-22(19-42(2,39)40)15-21-18-37(27-11-10-23(33)16-26(27)34)31-20(7-6-14-41-24-8-4-3-5-9-24)17-35-30(28(21)31)29(25)32(36)38/h3-5,8-13,15-16,18,20,31,35H,6-7,14,17,19H2,1-2H3/t20-,31?/m1/s1. The lowest BCUT2D eigenvalue weighted by Crippen LogP contribution is -2.46. The molecule has 1 aromatic heterocycles. The fourth-order valence-electron chi connectivity index (χ4n) is 6.17. The topological polar surface area (TPSA) is 80.6 Å². The molecule has 7 nitrogen and oxygen atoms in total. The Balaban J connectivity index is 1.45. The fourth-order valence-corrected chi connectivity index (χ4v) is 6.97. The number of nitrogens with one attached hydrogen (secondary N) is 1. The van der Waals surface area contributed by atoms with Crippen molar-refractivity contribution < 1.29 is 21.9 Å². The summed E-state index contributed by atoms with van der Waals surface area (Å²) in [7, 11) is -1.80. The molecule has 3 aliphatic rings. The first-order valence-electron chi connectivity index (χ1n) is 13.8. The minimum absolute atomic E-state index is 0.0257. The Hall–Kier alpha value is -4.18. The quantitative estimate of drug-likeness (QED) is 0.384. The van der Waals surface area contributed by atoms with Gasteiger partial charge < -0.3 is 19.5 Å². The molecular weight excluding hydrogens is 560 g/mol. The molecule has 0 amide bonds. The summed E-state index contributed by atoms with van der Waals surface area (Å²) in [4.78, 5) is 15.4. The summed E-state index contributed by atoms with van der Waals surface area (Å²) in [5.41, 5.74) is 3.49. The van der Waals surface area contributed by atoms with Gasteiger partial charge in [0.25, 0.3) is 5.56 Å². The Morgan fingerprint density at radius 2 is 1.88 bits per heavy atom. The third-order valence-corrected chi connectivity index (χ3v) is 8.81. The van der Waals surface area contributed by atoms with Crippen LogP contribution in [0.4, 0.5) is 14.5 Å². The van der Waals surface area contributed by atoms with E-state index in [4.69, 9.17) is 4.74 Å². The average molecular weight is 592 g/mol. The van der Waals surface area contributed by atoms with Crippen LogP contribution in [0.5, 0.6) is 5.75 Å². The second kappa shape index (κ2) is 10.9. The highest BCUT2D eigenvalue weighted by molar-refractivity contribution is 7.91. The van der Waals surface area contributed by atoms with E-state index in [-0.39, 0.29) is 29.0 Å². The summed E-state index contributed by atoms with van der Waals surface area (Å²) >= 11 is 0. The van der Waals surface area contributed by atoms with Crippen LogP contribution in [-0.2, 0) is 16.9 Å². The minimum atomic E-state index is -3.45. The number of fused-ring (bicyclic) bond motifs is 2. The Labute approximate surface area is 243 Å². The van der Waals surface area contributed by atoms with Gasteiger partial charge in [-0.15, -0.1) is 0 Å². The summed E-state index contributed by atoms with van der Waals surface area (Å²) in [6.07, 6.45) is 7.82. The molecule has 3 heterocycles. The molecule has 1 N–H and O–H groups in total. The summed E-state index contributed by atoms with van der Waals surface area (Å²) < 4.78 is 61.5. The highest BCUT2D eigenvalue weighted by atomic mass is 32.2. The SMILES string of the molecule is Cn1ccc2c(c1=O)C1=C3C(=CN(c4ccc(F)cc4F)C3[C@H](CCCOc3ccccc3)CN1)C=C2CS(C)(=O)=O. The van der Waals surface area contributed by atoms with Gasteiger partial charge in [0.2, 0.25) is 0 Å². The van der Waals surface area contributed by atoms with E-state index in [0.29, 0.717) is 41.1 Å². The molecule has 218 valence electrons. The number of pyridine rings is 1. The lowest BCUT2D eigenvalue weighted by atomic mass is 9.82. The highest BCUT2D eigenvalue weighted by Crippen LogP contribution is 2.47.